The lowest BCUT2D eigenvalue weighted by Gasteiger charge is -2.22. The summed E-state index contributed by atoms with van der Waals surface area (Å²) in [6, 6.07) is 18.7. The Kier molecular flexibility index (Phi) is 3.24. The van der Waals surface area contributed by atoms with Crippen molar-refractivity contribution in [2.75, 3.05) is 11.1 Å². The Bertz CT molecular complexity index is 802. The Labute approximate surface area is 127 Å². The topological polar surface area (TPSA) is 38.0 Å². The largest absolute Gasteiger partial charge is 0.398 e. The highest BCUT2D eigenvalue weighted by Gasteiger charge is 2.18. The van der Waals surface area contributed by atoms with Crippen LogP contribution in [0.2, 0.25) is 0 Å². The van der Waals surface area contributed by atoms with E-state index < -0.39 is 0 Å². The van der Waals surface area contributed by atoms with Crippen LogP contribution in [0.15, 0.2) is 64.4 Å². The first-order valence-corrected chi connectivity index (χ1v) is 7.00. The molecule has 1 aliphatic heterocycles. The van der Waals surface area contributed by atoms with Crippen LogP contribution in [0, 0.1) is 0 Å². The fourth-order valence-electron chi connectivity index (χ4n) is 2.51. The first-order valence-electron chi connectivity index (χ1n) is 6.18. The van der Waals surface area contributed by atoms with Crippen LogP contribution in [-0.2, 0) is 0 Å². The zero-order valence-corrected chi connectivity index (χ0v) is 12.2. The molecule has 4 heteroatoms. The van der Waals surface area contributed by atoms with Gasteiger partial charge in [0.05, 0.1) is 11.4 Å². The van der Waals surface area contributed by atoms with Crippen LogP contribution in [0.1, 0.15) is 0 Å². The third-order valence-electron chi connectivity index (χ3n) is 3.41. The standard InChI is InChI=1S/C16H12N2S.ClH/c17-11-5-3-4-10-8-9-14-16(15(10)11)18-12-6-1-2-7-13(12)19-14;/h1-9,18H,17H2;1H. The summed E-state index contributed by atoms with van der Waals surface area (Å²) in [6.07, 6.45) is 0. The lowest BCUT2D eigenvalue weighted by Crippen LogP contribution is -2.01. The Balaban J connectivity index is 0.00000121. The molecule has 0 aromatic heterocycles. The summed E-state index contributed by atoms with van der Waals surface area (Å²) in [5.74, 6) is 0. The maximum absolute atomic E-state index is 6.15. The van der Waals surface area contributed by atoms with Crippen LogP contribution < -0.4 is 11.1 Å². The minimum absolute atomic E-state index is 0. The molecular formula is C16H13ClN2S. The van der Waals surface area contributed by atoms with Crippen LogP contribution in [-0.4, -0.2) is 0 Å². The second-order valence-electron chi connectivity index (χ2n) is 4.61. The van der Waals surface area contributed by atoms with E-state index in [2.05, 4.69) is 41.7 Å². The van der Waals surface area contributed by atoms with Crippen molar-refractivity contribution in [2.45, 2.75) is 9.79 Å². The minimum Gasteiger partial charge on any atom is -0.398 e. The normalized spacial score (nSPS) is 12.0. The second-order valence-corrected chi connectivity index (χ2v) is 5.69. The maximum Gasteiger partial charge on any atom is 0.0626 e. The van der Waals surface area contributed by atoms with Crippen LogP contribution in [0.25, 0.3) is 10.8 Å². The quantitative estimate of drug-likeness (QED) is 0.446. The number of nitrogen functional groups attached to an aromatic ring is 1. The molecule has 1 aliphatic rings. The first kappa shape index (κ1) is 13.2. The van der Waals surface area contributed by atoms with Gasteiger partial charge in [0.2, 0.25) is 0 Å². The number of rotatable bonds is 0. The fourth-order valence-corrected chi connectivity index (χ4v) is 3.51. The van der Waals surface area contributed by atoms with E-state index >= 15 is 0 Å². The van der Waals surface area contributed by atoms with Gasteiger partial charge in [-0.1, -0.05) is 42.1 Å². The molecule has 0 saturated carbocycles. The molecule has 20 heavy (non-hydrogen) atoms. The average Bonchev–Trinajstić information content (AvgIpc) is 2.45. The molecule has 0 radical (unpaired) electrons. The summed E-state index contributed by atoms with van der Waals surface area (Å²) in [6.45, 7) is 0. The molecule has 0 bridgehead atoms. The molecule has 0 fully saturated rings. The van der Waals surface area contributed by atoms with E-state index in [9.17, 15) is 0 Å². The van der Waals surface area contributed by atoms with Crippen molar-refractivity contribution < 1.29 is 0 Å². The molecule has 0 aliphatic carbocycles. The van der Waals surface area contributed by atoms with Gasteiger partial charge in [0, 0.05) is 20.9 Å². The molecule has 0 saturated heterocycles. The Morgan fingerprint density at radius 2 is 1.70 bits per heavy atom. The molecule has 2 nitrogen and oxygen atoms in total. The van der Waals surface area contributed by atoms with E-state index in [1.54, 1.807) is 11.8 Å². The number of fused-ring (bicyclic) bond motifs is 4. The number of benzene rings is 3. The van der Waals surface area contributed by atoms with E-state index in [0.29, 0.717) is 0 Å². The second kappa shape index (κ2) is 4.93. The van der Waals surface area contributed by atoms with E-state index in [0.717, 1.165) is 22.4 Å². The molecule has 3 aromatic carbocycles. The van der Waals surface area contributed by atoms with Crippen molar-refractivity contribution in [1.29, 1.82) is 0 Å². The fraction of sp³-hybridized carbons (Fsp3) is 0. The van der Waals surface area contributed by atoms with Crippen LogP contribution in [0.4, 0.5) is 17.1 Å². The monoisotopic (exact) mass is 300 g/mol. The number of hydrogen-bond acceptors (Lipinski definition) is 3. The molecule has 1 heterocycles. The number of nitrogens with one attached hydrogen (secondary N) is 1. The van der Waals surface area contributed by atoms with Gasteiger partial charge in [-0.3, -0.25) is 0 Å². The van der Waals surface area contributed by atoms with Crippen LogP contribution in [0.3, 0.4) is 0 Å². The Hall–Kier alpha value is -1.84. The predicted molar refractivity (Wildman–Crippen MR) is 89.5 cm³/mol. The number of nitrogens with two attached hydrogens (primary N) is 1. The Morgan fingerprint density at radius 3 is 2.60 bits per heavy atom. The van der Waals surface area contributed by atoms with Gasteiger partial charge in [-0.15, -0.1) is 12.4 Å². The van der Waals surface area contributed by atoms with Crippen molar-refractivity contribution in [3.63, 3.8) is 0 Å². The zero-order valence-electron chi connectivity index (χ0n) is 10.6. The zero-order chi connectivity index (χ0) is 12.8. The SMILES string of the molecule is Cl.Nc1cccc2ccc3c(c12)Nc1ccccc1S3. The molecule has 4 rings (SSSR count). The van der Waals surface area contributed by atoms with E-state index in [4.69, 9.17) is 5.73 Å². The van der Waals surface area contributed by atoms with Gasteiger partial charge in [0.15, 0.2) is 0 Å². The molecule has 3 N–H and O–H groups in total. The maximum atomic E-state index is 6.15. The number of anilines is 3. The van der Waals surface area contributed by atoms with Gasteiger partial charge in [0.25, 0.3) is 0 Å². The summed E-state index contributed by atoms with van der Waals surface area (Å²) < 4.78 is 0. The van der Waals surface area contributed by atoms with E-state index in [-0.39, 0.29) is 12.4 Å². The van der Waals surface area contributed by atoms with Crippen molar-refractivity contribution in [2.24, 2.45) is 0 Å². The summed E-state index contributed by atoms with van der Waals surface area (Å²) >= 11 is 1.79. The Morgan fingerprint density at radius 1 is 0.850 bits per heavy atom. The first-order chi connectivity index (χ1) is 9.33. The third-order valence-corrected chi connectivity index (χ3v) is 4.54. The molecule has 0 spiro atoms. The molecule has 0 atom stereocenters. The van der Waals surface area contributed by atoms with Crippen molar-refractivity contribution in [3.05, 3.63) is 54.6 Å². The van der Waals surface area contributed by atoms with Gasteiger partial charge >= 0.3 is 0 Å². The van der Waals surface area contributed by atoms with Crippen LogP contribution >= 0.6 is 24.2 Å². The van der Waals surface area contributed by atoms with Gasteiger partial charge < -0.3 is 11.1 Å². The third kappa shape index (κ3) is 1.90. The van der Waals surface area contributed by atoms with Crippen molar-refractivity contribution in [1.82, 2.24) is 0 Å². The summed E-state index contributed by atoms with van der Waals surface area (Å²) in [5, 5.41) is 5.81. The van der Waals surface area contributed by atoms with E-state index in [1.807, 2.05) is 18.2 Å². The molecule has 0 amide bonds. The smallest absolute Gasteiger partial charge is 0.0626 e. The highest BCUT2D eigenvalue weighted by Crippen LogP contribution is 2.47. The number of halogens is 1. The van der Waals surface area contributed by atoms with Gasteiger partial charge in [-0.25, -0.2) is 0 Å². The lowest BCUT2D eigenvalue weighted by atomic mass is 10.1. The molecule has 100 valence electrons. The lowest BCUT2D eigenvalue weighted by molar-refractivity contribution is 1.33. The molecule has 0 unspecified atom stereocenters. The summed E-state index contributed by atoms with van der Waals surface area (Å²) in [4.78, 5) is 2.48. The van der Waals surface area contributed by atoms with E-state index in [1.165, 1.54) is 15.2 Å². The molecular weight excluding hydrogens is 288 g/mol. The van der Waals surface area contributed by atoms with Gasteiger partial charge in [0.1, 0.15) is 0 Å². The number of para-hydroxylation sites is 1. The van der Waals surface area contributed by atoms with Gasteiger partial charge in [-0.05, 0) is 29.7 Å². The number of hydrogen-bond donors (Lipinski definition) is 2. The van der Waals surface area contributed by atoms with Crippen molar-refractivity contribution >= 4 is 52.0 Å². The van der Waals surface area contributed by atoms with Crippen molar-refractivity contribution in [3.8, 4) is 0 Å². The highest BCUT2D eigenvalue weighted by atomic mass is 35.5. The predicted octanol–water partition coefficient (Wildman–Crippen LogP) is 5.05. The van der Waals surface area contributed by atoms with Gasteiger partial charge in [-0.2, -0.15) is 0 Å². The molecule has 3 aromatic rings. The average molecular weight is 301 g/mol. The van der Waals surface area contributed by atoms with Crippen LogP contribution in [0.5, 0.6) is 0 Å². The summed E-state index contributed by atoms with van der Waals surface area (Å²) in [5.41, 5.74) is 9.25. The summed E-state index contributed by atoms with van der Waals surface area (Å²) in [7, 11) is 0. The minimum atomic E-state index is 0. The highest BCUT2D eigenvalue weighted by molar-refractivity contribution is 7.99.